The number of H-pyrrole nitrogens is 1. The van der Waals surface area contributed by atoms with E-state index in [0.29, 0.717) is 6.42 Å². The van der Waals surface area contributed by atoms with Crippen LogP contribution in [0.15, 0.2) is 71.9 Å². The summed E-state index contributed by atoms with van der Waals surface area (Å²) in [7, 11) is 0. The SMILES string of the molecule is O=C(Cc1c[nH]c2ccccc12)NC1CCC(n2nc(-c3cccnc3)ccc2=O)CC1. The first-order valence-electron chi connectivity index (χ1n) is 11.0. The molecular weight excluding hydrogens is 402 g/mol. The topological polar surface area (TPSA) is 92.7 Å². The molecule has 7 heteroatoms. The first kappa shape index (κ1) is 20.2. The van der Waals surface area contributed by atoms with Crippen LogP contribution < -0.4 is 10.9 Å². The molecule has 32 heavy (non-hydrogen) atoms. The maximum atomic E-state index is 12.6. The molecule has 0 radical (unpaired) electrons. The van der Waals surface area contributed by atoms with Gasteiger partial charge in [0.1, 0.15) is 0 Å². The lowest BCUT2D eigenvalue weighted by molar-refractivity contribution is -0.121. The number of aromatic amines is 1. The summed E-state index contributed by atoms with van der Waals surface area (Å²) in [6.45, 7) is 0. The number of para-hydroxylation sites is 1. The average molecular weight is 428 g/mol. The van der Waals surface area contributed by atoms with Crippen molar-refractivity contribution in [3.63, 3.8) is 0 Å². The third-order valence-corrected chi connectivity index (χ3v) is 6.22. The van der Waals surface area contributed by atoms with Crippen LogP contribution in [0.25, 0.3) is 22.2 Å². The maximum Gasteiger partial charge on any atom is 0.267 e. The van der Waals surface area contributed by atoms with Gasteiger partial charge in [-0.25, -0.2) is 4.68 Å². The molecule has 0 saturated heterocycles. The first-order valence-corrected chi connectivity index (χ1v) is 11.0. The van der Waals surface area contributed by atoms with Gasteiger partial charge in [-0.05, 0) is 55.5 Å². The molecule has 4 aromatic rings. The highest BCUT2D eigenvalue weighted by Gasteiger charge is 2.25. The predicted octanol–water partition coefficient (Wildman–Crippen LogP) is 3.63. The summed E-state index contributed by atoms with van der Waals surface area (Å²) < 4.78 is 1.60. The number of fused-ring (bicyclic) bond motifs is 1. The lowest BCUT2D eigenvalue weighted by Crippen LogP contribution is -2.40. The Kier molecular flexibility index (Phi) is 5.54. The van der Waals surface area contributed by atoms with Gasteiger partial charge >= 0.3 is 0 Å². The number of hydrogen-bond acceptors (Lipinski definition) is 4. The molecule has 1 aliphatic carbocycles. The van der Waals surface area contributed by atoms with Gasteiger partial charge in [-0.2, -0.15) is 5.10 Å². The van der Waals surface area contributed by atoms with Gasteiger partial charge in [0, 0.05) is 47.2 Å². The highest BCUT2D eigenvalue weighted by Crippen LogP contribution is 2.28. The van der Waals surface area contributed by atoms with Crippen LogP contribution >= 0.6 is 0 Å². The van der Waals surface area contributed by atoms with Gasteiger partial charge in [-0.15, -0.1) is 0 Å². The van der Waals surface area contributed by atoms with E-state index >= 15 is 0 Å². The number of hydrogen-bond donors (Lipinski definition) is 2. The molecule has 3 heterocycles. The molecule has 1 aromatic carbocycles. The quantitative estimate of drug-likeness (QED) is 0.509. The normalized spacial score (nSPS) is 18.5. The van der Waals surface area contributed by atoms with E-state index in [4.69, 9.17) is 0 Å². The Labute approximate surface area is 185 Å². The molecule has 2 N–H and O–H groups in total. The van der Waals surface area contributed by atoms with Gasteiger partial charge in [0.05, 0.1) is 18.2 Å². The van der Waals surface area contributed by atoms with Gasteiger partial charge in [0.15, 0.2) is 0 Å². The van der Waals surface area contributed by atoms with Crippen molar-refractivity contribution >= 4 is 16.8 Å². The van der Waals surface area contributed by atoms with Crippen LogP contribution in [-0.2, 0) is 11.2 Å². The minimum atomic E-state index is -0.0931. The van der Waals surface area contributed by atoms with Crippen LogP contribution in [0.4, 0.5) is 0 Å². The summed E-state index contributed by atoms with van der Waals surface area (Å²) >= 11 is 0. The van der Waals surface area contributed by atoms with E-state index in [1.54, 1.807) is 29.2 Å². The first-order chi connectivity index (χ1) is 15.7. The summed E-state index contributed by atoms with van der Waals surface area (Å²) in [5.74, 6) is 0.0343. The minimum Gasteiger partial charge on any atom is -0.361 e. The number of aromatic nitrogens is 4. The summed E-state index contributed by atoms with van der Waals surface area (Å²) in [4.78, 5) is 32.4. The van der Waals surface area contributed by atoms with E-state index in [1.807, 2.05) is 42.6 Å². The molecule has 1 aliphatic rings. The van der Waals surface area contributed by atoms with E-state index in [-0.39, 0.29) is 23.6 Å². The van der Waals surface area contributed by atoms with Crippen molar-refractivity contribution in [3.05, 3.63) is 83.0 Å². The maximum absolute atomic E-state index is 12.6. The Morgan fingerprint density at radius 2 is 1.91 bits per heavy atom. The second kappa shape index (κ2) is 8.78. The zero-order valence-electron chi connectivity index (χ0n) is 17.7. The molecule has 1 saturated carbocycles. The van der Waals surface area contributed by atoms with Crippen LogP contribution in [0, 0.1) is 0 Å². The molecule has 162 valence electrons. The molecule has 0 bridgehead atoms. The molecule has 7 nitrogen and oxygen atoms in total. The molecule has 3 aromatic heterocycles. The Bertz CT molecular complexity index is 1290. The largest absolute Gasteiger partial charge is 0.361 e. The molecule has 1 fully saturated rings. The van der Waals surface area contributed by atoms with E-state index in [2.05, 4.69) is 20.4 Å². The van der Waals surface area contributed by atoms with Crippen molar-refractivity contribution in [3.8, 4) is 11.3 Å². The van der Waals surface area contributed by atoms with Crippen molar-refractivity contribution in [2.45, 2.75) is 44.2 Å². The van der Waals surface area contributed by atoms with Crippen LogP contribution in [-0.4, -0.2) is 31.7 Å². The summed E-state index contributed by atoms with van der Waals surface area (Å²) in [5, 5.41) is 8.87. The highest BCUT2D eigenvalue weighted by molar-refractivity contribution is 5.88. The van der Waals surface area contributed by atoms with Crippen molar-refractivity contribution in [2.75, 3.05) is 0 Å². The number of benzene rings is 1. The van der Waals surface area contributed by atoms with Crippen molar-refractivity contribution in [1.29, 1.82) is 0 Å². The molecule has 1 amide bonds. The Hall–Kier alpha value is -3.74. The fourth-order valence-corrected chi connectivity index (χ4v) is 4.55. The fraction of sp³-hybridized carbons (Fsp3) is 0.280. The fourth-order valence-electron chi connectivity index (χ4n) is 4.55. The van der Waals surface area contributed by atoms with Gasteiger partial charge in [0.25, 0.3) is 5.56 Å². The number of nitrogens with zero attached hydrogens (tertiary/aromatic N) is 3. The van der Waals surface area contributed by atoms with Crippen LogP contribution in [0.3, 0.4) is 0 Å². The van der Waals surface area contributed by atoms with E-state index in [0.717, 1.165) is 53.4 Å². The summed E-state index contributed by atoms with van der Waals surface area (Å²) in [5.41, 5.74) is 3.59. The molecule has 5 rings (SSSR count). The second-order valence-electron chi connectivity index (χ2n) is 8.35. The zero-order valence-corrected chi connectivity index (χ0v) is 17.7. The Morgan fingerprint density at radius 1 is 1.06 bits per heavy atom. The smallest absolute Gasteiger partial charge is 0.267 e. The van der Waals surface area contributed by atoms with Crippen LogP contribution in [0.5, 0.6) is 0 Å². The molecule has 0 unspecified atom stereocenters. The number of carbonyl (C=O) groups is 1. The van der Waals surface area contributed by atoms with Crippen molar-refractivity contribution in [1.82, 2.24) is 25.1 Å². The van der Waals surface area contributed by atoms with Gasteiger partial charge in [-0.3, -0.25) is 14.6 Å². The summed E-state index contributed by atoms with van der Waals surface area (Å²) in [6.07, 6.45) is 9.01. The average Bonchev–Trinajstić information content (AvgIpc) is 3.23. The summed E-state index contributed by atoms with van der Waals surface area (Å²) in [6, 6.07) is 15.3. The van der Waals surface area contributed by atoms with E-state index in [1.165, 1.54) is 0 Å². The number of carbonyl (C=O) groups excluding carboxylic acids is 1. The second-order valence-corrected chi connectivity index (χ2v) is 8.35. The lowest BCUT2D eigenvalue weighted by Gasteiger charge is -2.29. The number of amides is 1. The molecule has 0 aliphatic heterocycles. The highest BCUT2D eigenvalue weighted by atomic mass is 16.1. The third kappa shape index (κ3) is 4.19. The number of pyridine rings is 1. The van der Waals surface area contributed by atoms with Gasteiger partial charge < -0.3 is 10.3 Å². The number of rotatable bonds is 5. The van der Waals surface area contributed by atoms with E-state index in [9.17, 15) is 9.59 Å². The molecule has 0 spiro atoms. The molecule has 0 atom stereocenters. The minimum absolute atomic E-state index is 0.0343. The van der Waals surface area contributed by atoms with Gasteiger partial charge in [0.2, 0.25) is 5.91 Å². The number of nitrogens with one attached hydrogen (secondary N) is 2. The van der Waals surface area contributed by atoms with E-state index < -0.39 is 0 Å². The van der Waals surface area contributed by atoms with Crippen molar-refractivity contribution < 1.29 is 4.79 Å². The Balaban J connectivity index is 1.21. The van der Waals surface area contributed by atoms with Crippen LogP contribution in [0.1, 0.15) is 37.3 Å². The molecular formula is C25H25N5O2. The Morgan fingerprint density at radius 3 is 2.72 bits per heavy atom. The zero-order chi connectivity index (χ0) is 21.9. The monoisotopic (exact) mass is 427 g/mol. The standard InChI is InChI=1S/C25H25N5O2/c31-24(14-18-16-27-23-6-2-1-5-21(18)23)28-19-7-9-20(10-8-19)30-25(32)12-11-22(29-30)17-4-3-13-26-15-17/h1-6,11-13,15-16,19-20,27H,7-10,14H2,(H,28,31). The third-order valence-electron chi connectivity index (χ3n) is 6.22. The lowest BCUT2D eigenvalue weighted by atomic mass is 9.91. The van der Waals surface area contributed by atoms with Crippen molar-refractivity contribution in [2.24, 2.45) is 0 Å². The van der Waals surface area contributed by atoms with Gasteiger partial charge in [-0.1, -0.05) is 18.2 Å². The van der Waals surface area contributed by atoms with Crippen LogP contribution in [0.2, 0.25) is 0 Å². The predicted molar refractivity (Wildman–Crippen MR) is 123 cm³/mol.